The molecule has 158 valence electrons. The van der Waals surface area contributed by atoms with Gasteiger partial charge in [0, 0.05) is 23.8 Å². The number of hydrogen-bond donors (Lipinski definition) is 2. The summed E-state index contributed by atoms with van der Waals surface area (Å²) in [4.78, 5) is 13.2. The van der Waals surface area contributed by atoms with E-state index >= 15 is 0 Å². The first-order valence-electron chi connectivity index (χ1n) is 10.3. The van der Waals surface area contributed by atoms with E-state index in [0.717, 1.165) is 36.2 Å². The molecule has 1 saturated heterocycles. The second-order valence-electron chi connectivity index (χ2n) is 7.99. The zero-order valence-corrected chi connectivity index (χ0v) is 18.3. The van der Waals surface area contributed by atoms with Crippen LogP contribution in [0.25, 0.3) is 11.3 Å². The van der Waals surface area contributed by atoms with Crippen LogP contribution in [0.1, 0.15) is 41.3 Å². The molecule has 1 fully saturated rings. The van der Waals surface area contributed by atoms with Crippen molar-refractivity contribution in [2.75, 3.05) is 6.54 Å². The molecular weight excluding hydrogens is 396 g/mol. The maximum atomic E-state index is 13.2. The average Bonchev–Trinajstić information content (AvgIpc) is 3.13. The van der Waals surface area contributed by atoms with E-state index in [1.165, 1.54) is 5.56 Å². The second-order valence-corrected chi connectivity index (χ2v) is 7.99. The van der Waals surface area contributed by atoms with E-state index in [2.05, 4.69) is 48.7 Å². The summed E-state index contributed by atoms with van der Waals surface area (Å²) in [7, 11) is 0. The van der Waals surface area contributed by atoms with Gasteiger partial charge in [-0.2, -0.15) is 5.10 Å². The van der Waals surface area contributed by atoms with Crippen molar-refractivity contribution in [1.82, 2.24) is 20.4 Å². The highest BCUT2D eigenvalue weighted by atomic mass is 35.5. The van der Waals surface area contributed by atoms with Crippen molar-refractivity contribution in [2.24, 2.45) is 0 Å². The molecule has 0 bridgehead atoms. The van der Waals surface area contributed by atoms with Crippen LogP contribution in [0, 0.1) is 6.92 Å². The summed E-state index contributed by atoms with van der Waals surface area (Å²) in [6.45, 7) is 5.79. The molecule has 2 heterocycles. The van der Waals surface area contributed by atoms with E-state index in [4.69, 9.17) is 5.10 Å². The largest absolute Gasteiger partial charge is 0.349 e. The molecule has 1 amide bonds. The minimum atomic E-state index is -0.0426. The van der Waals surface area contributed by atoms with Crippen molar-refractivity contribution in [3.8, 4) is 11.3 Å². The van der Waals surface area contributed by atoms with Crippen molar-refractivity contribution >= 4 is 18.3 Å². The van der Waals surface area contributed by atoms with Crippen LogP contribution in [0.5, 0.6) is 0 Å². The van der Waals surface area contributed by atoms with Gasteiger partial charge in [-0.3, -0.25) is 9.48 Å². The van der Waals surface area contributed by atoms with Gasteiger partial charge in [0.25, 0.3) is 5.91 Å². The lowest BCUT2D eigenvalue weighted by Crippen LogP contribution is -2.46. The molecule has 30 heavy (non-hydrogen) atoms. The van der Waals surface area contributed by atoms with Crippen molar-refractivity contribution in [3.05, 3.63) is 77.5 Å². The number of hydrogen-bond acceptors (Lipinski definition) is 3. The molecule has 0 spiro atoms. The lowest BCUT2D eigenvalue weighted by molar-refractivity contribution is 0.0926. The number of amides is 1. The van der Waals surface area contributed by atoms with Crippen LogP contribution >= 0.6 is 12.4 Å². The van der Waals surface area contributed by atoms with E-state index in [1.54, 1.807) is 0 Å². The number of nitrogens with one attached hydrogen (secondary N) is 2. The van der Waals surface area contributed by atoms with Crippen LogP contribution in [0.3, 0.4) is 0 Å². The molecule has 6 heteroatoms. The van der Waals surface area contributed by atoms with Crippen molar-refractivity contribution in [2.45, 2.75) is 45.3 Å². The summed E-state index contributed by atoms with van der Waals surface area (Å²) in [6, 6.07) is 19.0. The van der Waals surface area contributed by atoms with Crippen molar-refractivity contribution in [1.29, 1.82) is 0 Å². The summed E-state index contributed by atoms with van der Waals surface area (Å²) < 4.78 is 1.87. The number of piperidine rings is 1. The minimum Gasteiger partial charge on any atom is -0.349 e. The first-order valence-corrected chi connectivity index (χ1v) is 10.3. The Morgan fingerprint density at radius 2 is 1.90 bits per heavy atom. The minimum absolute atomic E-state index is 0. The Kier molecular flexibility index (Phi) is 7.29. The highest BCUT2D eigenvalue weighted by Crippen LogP contribution is 2.24. The Bertz CT molecular complexity index is 969. The summed E-state index contributed by atoms with van der Waals surface area (Å²) in [5, 5.41) is 11.4. The van der Waals surface area contributed by atoms with E-state index < -0.39 is 0 Å². The lowest BCUT2D eigenvalue weighted by Gasteiger charge is -2.28. The number of aromatic nitrogens is 2. The zero-order chi connectivity index (χ0) is 20.2. The first-order chi connectivity index (χ1) is 14.1. The first kappa shape index (κ1) is 22.1. The standard InChI is InChI=1S/C24H28N4O.ClH/c1-17-8-10-20(11-9-17)23-22(24(29)26-21-12-13-25-18(2)14-21)16-28(27-23)15-19-6-4-3-5-7-19;/h3-11,16,18,21,25H,12-15H2,1-2H3,(H,26,29);1H. The Labute approximate surface area is 184 Å². The molecule has 1 aliphatic heterocycles. The Balaban J connectivity index is 0.00000256. The van der Waals surface area contributed by atoms with Crippen LogP contribution in [0.4, 0.5) is 0 Å². The van der Waals surface area contributed by atoms with Gasteiger partial charge in [-0.25, -0.2) is 0 Å². The van der Waals surface area contributed by atoms with Crippen LogP contribution in [-0.4, -0.2) is 34.3 Å². The van der Waals surface area contributed by atoms with Crippen molar-refractivity contribution in [3.63, 3.8) is 0 Å². The predicted octanol–water partition coefficient (Wildman–Crippen LogP) is 4.20. The maximum Gasteiger partial charge on any atom is 0.255 e. The molecule has 1 aliphatic rings. The topological polar surface area (TPSA) is 59.0 Å². The molecule has 3 aromatic rings. The molecule has 0 radical (unpaired) electrons. The molecule has 2 unspecified atom stereocenters. The van der Waals surface area contributed by atoms with Crippen molar-refractivity contribution < 1.29 is 4.79 Å². The van der Waals surface area contributed by atoms with Gasteiger partial charge in [0.2, 0.25) is 0 Å². The molecule has 5 nitrogen and oxygen atoms in total. The van der Waals surface area contributed by atoms with Gasteiger partial charge < -0.3 is 10.6 Å². The fraction of sp³-hybridized carbons (Fsp3) is 0.333. The third-order valence-corrected chi connectivity index (χ3v) is 5.48. The third kappa shape index (κ3) is 5.29. The van der Waals surface area contributed by atoms with Crippen LogP contribution in [-0.2, 0) is 6.54 Å². The summed E-state index contributed by atoms with van der Waals surface area (Å²) in [5.74, 6) is -0.0426. The number of carbonyl (C=O) groups excluding carboxylic acids is 1. The molecule has 2 aromatic carbocycles. The molecule has 0 saturated carbocycles. The van der Waals surface area contributed by atoms with Gasteiger partial charge in [0.15, 0.2) is 0 Å². The lowest BCUT2D eigenvalue weighted by atomic mass is 10.00. The summed E-state index contributed by atoms with van der Waals surface area (Å²) >= 11 is 0. The van der Waals surface area contributed by atoms with Gasteiger partial charge in [-0.05, 0) is 38.8 Å². The fourth-order valence-corrected chi connectivity index (χ4v) is 3.89. The van der Waals surface area contributed by atoms with Gasteiger partial charge in [0.05, 0.1) is 12.1 Å². The molecule has 1 aromatic heterocycles. The monoisotopic (exact) mass is 424 g/mol. The molecule has 2 N–H and O–H groups in total. The number of rotatable bonds is 5. The molecule has 2 atom stereocenters. The van der Waals surface area contributed by atoms with E-state index in [1.807, 2.05) is 41.2 Å². The number of benzene rings is 2. The van der Waals surface area contributed by atoms with Crippen LogP contribution in [0.15, 0.2) is 60.8 Å². The average molecular weight is 425 g/mol. The highest BCUT2D eigenvalue weighted by molar-refractivity contribution is 6.00. The van der Waals surface area contributed by atoms with E-state index in [9.17, 15) is 4.79 Å². The number of aryl methyl sites for hydroxylation is 1. The van der Waals surface area contributed by atoms with Gasteiger partial charge in [-0.1, -0.05) is 60.2 Å². The Hall–Kier alpha value is -2.63. The van der Waals surface area contributed by atoms with Crippen LogP contribution in [0.2, 0.25) is 0 Å². The molecule has 4 rings (SSSR count). The predicted molar refractivity (Wildman–Crippen MR) is 123 cm³/mol. The highest BCUT2D eigenvalue weighted by Gasteiger charge is 2.24. The van der Waals surface area contributed by atoms with E-state index in [0.29, 0.717) is 18.2 Å². The normalized spacial score (nSPS) is 18.5. The summed E-state index contributed by atoms with van der Waals surface area (Å²) in [6.07, 6.45) is 3.78. The maximum absolute atomic E-state index is 13.2. The quantitative estimate of drug-likeness (QED) is 0.645. The summed E-state index contributed by atoms with van der Waals surface area (Å²) in [5.41, 5.74) is 4.68. The Morgan fingerprint density at radius 1 is 1.17 bits per heavy atom. The Morgan fingerprint density at radius 3 is 2.60 bits per heavy atom. The zero-order valence-electron chi connectivity index (χ0n) is 17.5. The molecule has 0 aliphatic carbocycles. The van der Waals surface area contributed by atoms with Gasteiger partial charge >= 0.3 is 0 Å². The number of halogens is 1. The van der Waals surface area contributed by atoms with Crippen LogP contribution < -0.4 is 10.6 Å². The smallest absolute Gasteiger partial charge is 0.255 e. The fourth-order valence-electron chi connectivity index (χ4n) is 3.89. The SMILES string of the molecule is Cc1ccc(-c2nn(Cc3ccccc3)cc2C(=O)NC2CCNC(C)C2)cc1.Cl. The number of nitrogens with zero attached hydrogens (tertiary/aromatic N) is 2. The van der Waals surface area contributed by atoms with Gasteiger partial charge in [-0.15, -0.1) is 12.4 Å². The third-order valence-electron chi connectivity index (χ3n) is 5.48. The molecular formula is C24H29ClN4O. The van der Waals surface area contributed by atoms with Gasteiger partial charge in [0.1, 0.15) is 5.69 Å². The second kappa shape index (κ2) is 9.92. The van der Waals surface area contributed by atoms with E-state index in [-0.39, 0.29) is 24.4 Å². The number of carbonyl (C=O) groups is 1.